The SMILES string of the molecule is CCC(=CCN1CCCCCCC1=O)C(=O)OC. The van der Waals surface area contributed by atoms with E-state index in [1.807, 2.05) is 17.9 Å². The van der Waals surface area contributed by atoms with Gasteiger partial charge in [0, 0.05) is 25.1 Å². The molecule has 0 radical (unpaired) electrons. The zero-order chi connectivity index (χ0) is 13.4. The van der Waals surface area contributed by atoms with Crippen LogP contribution in [0.2, 0.25) is 0 Å². The van der Waals surface area contributed by atoms with Crippen molar-refractivity contribution in [2.75, 3.05) is 20.2 Å². The van der Waals surface area contributed by atoms with Gasteiger partial charge in [0.05, 0.1) is 7.11 Å². The van der Waals surface area contributed by atoms with E-state index >= 15 is 0 Å². The van der Waals surface area contributed by atoms with Crippen molar-refractivity contribution in [2.45, 2.75) is 45.4 Å². The van der Waals surface area contributed by atoms with Gasteiger partial charge in [0.25, 0.3) is 0 Å². The predicted octanol–water partition coefficient (Wildman–Crippen LogP) is 2.29. The lowest BCUT2D eigenvalue weighted by Gasteiger charge is -2.23. The van der Waals surface area contributed by atoms with E-state index in [1.165, 1.54) is 13.5 Å². The van der Waals surface area contributed by atoms with Gasteiger partial charge in [-0.3, -0.25) is 4.79 Å². The number of likely N-dealkylation sites (tertiary alicyclic amines) is 1. The Labute approximate surface area is 109 Å². The molecule has 0 saturated carbocycles. The number of carbonyl (C=O) groups is 2. The molecule has 1 heterocycles. The minimum absolute atomic E-state index is 0.200. The van der Waals surface area contributed by atoms with Crippen molar-refractivity contribution in [3.05, 3.63) is 11.6 Å². The highest BCUT2D eigenvalue weighted by atomic mass is 16.5. The highest BCUT2D eigenvalue weighted by Crippen LogP contribution is 2.12. The minimum atomic E-state index is -0.294. The lowest BCUT2D eigenvalue weighted by Crippen LogP contribution is -2.33. The van der Waals surface area contributed by atoms with Gasteiger partial charge in [0.1, 0.15) is 0 Å². The molecule has 0 aromatic rings. The van der Waals surface area contributed by atoms with E-state index in [0.29, 0.717) is 25.0 Å². The third-order valence-corrected chi connectivity index (χ3v) is 3.31. The maximum atomic E-state index is 11.9. The summed E-state index contributed by atoms with van der Waals surface area (Å²) in [6.07, 6.45) is 7.46. The smallest absolute Gasteiger partial charge is 0.333 e. The number of hydrogen-bond donors (Lipinski definition) is 0. The highest BCUT2D eigenvalue weighted by Gasteiger charge is 2.15. The van der Waals surface area contributed by atoms with Gasteiger partial charge in [-0.25, -0.2) is 4.79 Å². The molecule has 1 saturated heterocycles. The van der Waals surface area contributed by atoms with Crippen LogP contribution >= 0.6 is 0 Å². The van der Waals surface area contributed by atoms with Gasteiger partial charge in [-0.15, -0.1) is 0 Å². The summed E-state index contributed by atoms with van der Waals surface area (Å²) in [5, 5.41) is 0. The topological polar surface area (TPSA) is 46.6 Å². The Bertz CT molecular complexity index is 323. The fraction of sp³-hybridized carbons (Fsp3) is 0.714. The third-order valence-electron chi connectivity index (χ3n) is 3.31. The monoisotopic (exact) mass is 253 g/mol. The molecule has 1 aliphatic heterocycles. The summed E-state index contributed by atoms with van der Waals surface area (Å²) in [5.41, 5.74) is 0.646. The Kier molecular flexibility index (Phi) is 6.47. The minimum Gasteiger partial charge on any atom is -0.466 e. The fourth-order valence-electron chi connectivity index (χ4n) is 2.13. The van der Waals surface area contributed by atoms with Crippen molar-refractivity contribution in [3.63, 3.8) is 0 Å². The van der Waals surface area contributed by atoms with Crippen LogP contribution in [0.5, 0.6) is 0 Å². The van der Waals surface area contributed by atoms with Gasteiger partial charge in [-0.05, 0) is 19.3 Å². The summed E-state index contributed by atoms with van der Waals surface area (Å²) >= 11 is 0. The zero-order valence-corrected chi connectivity index (χ0v) is 11.4. The molecule has 1 aliphatic rings. The van der Waals surface area contributed by atoms with Gasteiger partial charge < -0.3 is 9.64 Å². The van der Waals surface area contributed by atoms with Crippen LogP contribution in [0.15, 0.2) is 11.6 Å². The molecule has 102 valence electrons. The second kappa shape index (κ2) is 7.90. The normalized spacial score (nSPS) is 18.2. The van der Waals surface area contributed by atoms with E-state index in [4.69, 9.17) is 4.74 Å². The molecule has 0 aromatic carbocycles. The van der Waals surface area contributed by atoms with E-state index in [-0.39, 0.29) is 11.9 Å². The Morgan fingerprint density at radius 1 is 1.33 bits per heavy atom. The van der Waals surface area contributed by atoms with Crippen molar-refractivity contribution in [2.24, 2.45) is 0 Å². The van der Waals surface area contributed by atoms with E-state index in [1.54, 1.807) is 0 Å². The second-order valence-electron chi connectivity index (χ2n) is 4.58. The van der Waals surface area contributed by atoms with Gasteiger partial charge in [0.15, 0.2) is 0 Å². The zero-order valence-electron chi connectivity index (χ0n) is 11.4. The lowest BCUT2D eigenvalue weighted by atomic mass is 10.1. The number of esters is 1. The highest BCUT2D eigenvalue weighted by molar-refractivity contribution is 5.88. The molecule has 0 aliphatic carbocycles. The Balaban J connectivity index is 2.59. The number of hydrogen-bond acceptors (Lipinski definition) is 3. The molecule has 18 heavy (non-hydrogen) atoms. The molecule has 0 unspecified atom stereocenters. The summed E-state index contributed by atoms with van der Waals surface area (Å²) < 4.78 is 4.70. The van der Waals surface area contributed by atoms with E-state index in [9.17, 15) is 9.59 Å². The number of ether oxygens (including phenoxy) is 1. The summed E-state index contributed by atoms with van der Waals surface area (Å²) in [4.78, 5) is 25.2. The molecule has 1 rings (SSSR count). The molecule has 0 atom stereocenters. The van der Waals surface area contributed by atoms with Gasteiger partial charge in [0.2, 0.25) is 5.91 Å². The quantitative estimate of drug-likeness (QED) is 0.570. The van der Waals surface area contributed by atoms with Gasteiger partial charge in [-0.1, -0.05) is 25.8 Å². The summed E-state index contributed by atoms with van der Waals surface area (Å²) in [6.45, 7) is 3.24. The maximum absolute atomic E-state index is 11.9. The first-order chi connectivity index (χ1) is 8.69. The number of amides is 1. The summed E-state index contributed by atoms with van der Waals surface area (Å²) in [6, 6.07) is 0. The first-order valence-corrected chi connectivity index (χ1v) is 6.74. The molecular formula is C14H23NO3. The molecule has 0 aromatic heterocycles. The van der Waals surface area contributed by atoms with Crippen molar-refractivity contribution in [3.8, 4) is 0 Å². The number of nitrogens with zero attached hydrogens (tertiary/aromatic N) is 1. The molecule has 0 spiro atoms. The molecule has 4 nitrogen and oxygen atoms in total. The molecular weight excluding hydrogens is 230 g/mol. The summed E-state index contributed by atoms with van der Waals surface area (Å²) in [5.74, 6) is -0.0942. The van der Waals surface area contributed by atoms with Gasteiger partial charge in [-0.2, -0.15) is 0 Å². The lowest BCUT2D eigenvalue weighted by molar-refractivity contribution is -0.136. The van der Waals surface area contributed by atoms with Crippen LogP contribution in [0.1, 0.15) is 45.4 Å². The largest absolute Gasteiger partial charge is 0.466 e. The fourth-order valence-corrected chi connectivity index (χ4v) is 2.13. The van der Waals surface area contributed by atoms with Crippen LogP contribution in [-0.4, -0.2) is 37.0 Å². The third kappa shape index (κ3) is 4.51. The van der Waals surface area contributed by atoms with Crippen molar-refractivity contribution in [1.82, 2.24) is 4.90 Å². The van der Waals surface area contributed by atoms with Gasteiger partial charge >= 0.3 is 5.97 Å². The molecule has 1 fully saturated rings. The van der Waals surface area contributed by atoms with Crippen LogP contribution in [-0.2, 0) is 14.3 Å². The Morgan fingerprint density at radius 2 is 2.06 bits per heavy atom. The van der Waals surface area contributed by atoms with E-state index < -0.39 is 0 Å². The summed E-state index contributed by atoms with van der Waals surface area (Å²) in [7, 11) is 1.38. The number of methoxy groups -OCH3 is 1. The molecule has 1 amide bonds. The first kappa shape index (κ1) is 14.7. The van der Waals surface area contributed by atoms with Crippen molar-refractivity contribution >= 4 is 11.9 Å². The second-order valence-corrected chi connectivity index (χ2v) is 4.58. The average molecular weight is 253 g/mol. The standard InChI is InChI=1S/C14H23NO3/c1-3-12(14(17)18-2)9-11-15-10-7-5-4-6-8-13(15)16/h9H,3-8,10-11H2,1-2H3. The molecule has 0 N–H and O–H groups in total. The first-order valence-electron chi connectivity index (χ1n) is 6.74. The van der Waals surface area contributed by atoms with Crippen LogP contribution < -0.4 is 0 Å². The maximum Gasteiger partial charge on any atom is 0.333 e. The van der Waals surface area contributed by atoms with Crippen molar-refractivity contribution < 1.29 is 14.3 Å². The predicted molar refractivity (Wildman–Crippen MR) is 70.1 cm³/mol. The van der Waals surface area contributed by atoms with E-state index in [2.05, 4.69) is 0 Å². The number of rotatable bonds is 4. The van der Waals surface area contributed by atoms with Crippen LogP contribution in [0.25, 0.3) is 0 Å². The Hall–Kier alpha value is -1.32. The van der Waals surface area contributed by atoms with Crippen LogP contribution in [0.3, 0.4) is 0 Å². The number of carbonyl (C=O) groups excluding carboxylic acids is 2. The molecule has 0 bridgehead atoms. The van der Waals surface area contributed by atoms with Crippen LogP contribution in [0, 0.1) is 0 Å². The van der Waals surface area contributed by atoms with Crippen molar-refractivity contribution in [1.29, 1.82) is 0 Å². The average Bonchev–Trinajstić information content (AvgIpc) is 2.37. The molecule has 4 heteroatoms. The Morgan fingerprint density at radius 3 is 2.72 bits per heavy atom. The van der Waals surface area contributed by atoms with Crippen LogP contribution in [0.4, 0.5) is 0 Å². The van der Waals surface area contributed by atoms with E-state index in [0.717, 1.165) is 25.8 Å².